The van der Waals surface area contributed by atoms with Gasteiger partial charge in [0.1, 0.15) is 18.2 Å². The summed E-state index contributed by atoms with van der Waals surface area (Å²) < 4.78 is 19.9. The summed E-state index contributed by atoms with van der Waals surface area (Å²) in [6.45, 7) is 2.26. The molecule has 0 heterocycles. The molecule has 0 saturated heterocycles. The molecule has 2 aromatic carbocycles. The van der Waals surface area contributed by atoms with Crippen molar-refractivity contribution in [1.29, 1.82) is 0 Å². The van der Waals surface area contributed by atoms with Crippen LogP contribution in [0.25, 0.3) is 0 Å². The summed E-state index contributed by atoms with van der Waals surface area (Å²) in [7, 11) is 0. The number of ether oxygens (including phenoxy) is 1. The standard InChI is InChI=1S/C15H12BrCl2FO/c1-9-4-12(16)6-11(7-17)15(9)20-8-10-2-3-14(19)13(18)5-10/h2-6H,7-8H2,1H3. The molecule has 0 amide bonds. The molecular weight excluding hydrogens is 366 g/mol. The van der Waals surface area contributed by atoms with Crippen LogP contribution in [0.1, 0.15) is 16.7 Å². The molecule has 2 aromatic rings. The first kappa shape index (κ1) is 15.6. The summed E-state index contributed by atoms with van der Waals surface area (Å²) >= 11 is 15.1. The maximum atomic E-state index is 13.1. The number of aryl methyl sites for hydroxylation is 1. The molecule has 0 aliphatic heterocycles. The van der Waals surface area contributed by atoms with E-state index in [1.807, 2.05) is 19.1 Å². The number of halogens is 4. The number of benzene rings is 2. The van der Waals surface area contributed by atoms with Gasteiger partial charge in [0.25, 0.3) is 0 Å². The van der Waals surface area contributed by atoms with Crippen LogP contribution in [0, 0.1) is 12.7 Å². The first-order chi connectivity index (χ1) is 9.51. The fourth-order valence-corrected chi connectivity index (χ4v) is 2.91. The molecule has 0 unspecified atom stereocenters. The van der Waals surface area contributed by atoms with Gasteiger partial charge in [0.2, 0.25) is 0 Å². The maximum Gasteiger partial charge on any atom is 0.141 e. The second kappa shape index (κ2) is 6.79. The Bertz CT molecular complexity index is 632. The lowest BCUT2D eigenvalue weighted by atomic mass is 10.1. The monoisotopic (exact) mass is 376 g/mol. The minimum atomic E-state index is -0.434. The van der Waals surface area contributed by atoms with E-state index in [0.717, 1.165) is 26.9 Å². The molecular formula is C15H12BrCl2FO. The van der Waals surface area contributed by atoms with Gasteiger partial charge in [-0.25, -0.2) is 4.39 Å². The van der Waals surface area contributed by atoms with E-state index in [4.69, 9.17) is 27.9 Å². The van der Waals surface area contributed by atoms with E-state index in [9.17, 15) is 4.39 Å². The van der Waals surface area contributed by atoms with Crippen molar-refractivity contribution < 1.29 is 9.13 Å². The number of hydrogen-bond donors (Lipinski definition) is 0. The number of rotatable bonds is 4. The van der Waals surface area contributed by atoms with Crippen LogP contribution in [0.4, 0.5) is 4.39 Å². The van der Waals surface area contributed by atoms with Gasteiger partial charge < -0.3 is 4.74 Å². The molecule has 0 radical (unpaired) electrons. The van der Waals surface area contributed by atoms with Crippen LogP contribution in [0.3, 0.4) is 0 Å². The van der Waals surface area contributed by atoms with Gasteiger partial charge in [-0.2, -0.15) is 0 Å². The molecule has 0 saturated carbocycles. The summed E-state index contributed by atoms with van der Waals surface area (Å²) in [5, 5.41) is 0.0937. The molecule has 106 valence electrons. The quantitative estimate of drug-likeness (QED) is 0.605. The van der Waals surface area contributed by atoms with Crippen LogP contribution >= 0.6 is 39.1 Å². The molecule has 5 heteroatoms. The molecule has 0 aromatic heterocycles. The molecule has 0 bridgehead atoms. The highest BCUT2D eigenvalue weighted by molar-refractivity contribution is 9.10. The first-order valence-corrected chi connectivity index (χ1v) is 7.63. The highest BCUT2D eigenvalue weighted by atomic mass is 79.9. The SMILES string of the molecule is Cc1cc(Br)cc(CCl)c1OCc1ccc(F)c(Cl)c1. The highest BCUT2D eigenvalue weighted by Gasteiger charge is 2.09. The average Bonchev–Trinajstić information content (AvgIpc) is 2.40. The van der Waals surface area contributed by atoms with Crippen molar-refractivity contribution in [2.45, 2.75) is 19.4 Å². The van der Waals surface area contributed by atoms with Gasteiger partial charge in [-0.1, -0.05) is 33.6 Å². The Kier molecular flexibility index (Phi) is 5.30. The van der Waals surface area contributed by atoms with Crippen LogP contribution in [0.15, 0.2) is 34.8 Å². The van der Waals surface area contributed by atoms with Gasteiger partial charge in [-0.3, -0.25) is 0 Å². The van der Waals surface area contributed by atoms with Gasteiger partial charge in [0.05, 0.1) is 10.9 Å². The molecule has 20 heavy (non-hydrogen) atoms. The molecule has 2 rings (SSSR count). The van der Waals surface area contributed by atoms with E-state index >= 15 is 0 Å². The number of alkyl halides is 1. The van der Waals surface area contributed by atoms with Crippen LogP contribution in [0.5, 0.6) is 5.75 Å². The Hall–Kier alpha value is -0.770. The Balaban J connectivity index is 2.20. The van der Waals surface area contributed by atoms with E-state index in [2.05, 4.69) is 15.9 Å². The highest BCUT2D eigenvalue weighted by Crippen LogP contribution is 2.30. The fraction of sp³-hybridized carbons (Fsp3) is 0.200. The zero-order valence-electron chi connectivity index (χ0n) is 10.7. The van der Waals surface area contributed by atoms with Crippen molar-refractivity contribution in [2.75, 3.05) is 0 Å². The average molecular weight is 378 g/mol. The van der Waals surface area contributed by atoms with Crippen molar-refractivity contribution in [1.82, 2.24) is 0 Å². The van der Waals surface area contributed by atoms with Gasteiger partial charge in [0, 0.05) is 10.0 Å². The van der Waals surface area contributed by atoms with Crippen molar-refractivity contribution in [3.05, 3.63) is 62.3 Å². The van der Waals surface area contributed by atoms with Gasteiger partial charge in [-0.15, -0.1) is 11.6 Å². The lowest BCUT2D eigenvalue weighted by Crippen LogP contribution is -2.00. The van der Waals surface area contributed by atoms with Crippen LogP contribution in [-0.2, 0) is 12.5 Å². The minimum absolute atomic E-state index is 0.0937. The summed E-state index contributed by atoms with van der Waals surface area (Å²) in [6.07, 6.45) is 0. The minimum Gasteiger partial charge on any atom is -0.488 e. The smallest absolute Gasteiger partial charge is 0.141 e. The predicted octanol–water partition coefficient (Wildman–Crippen LogP) is 5.87. The van der Waals surface area contributed by atoms with E-state index in [1.165, 1.54) is 6.07 Å². The molecule has 0 aliphatic rings. The van der Waals surface area contributed by atoms with Gasteiger partial charge >= 0.3 is 0 Å². The van der Waals surface area contributed by atoms with Crippen molar-refractivity contribution in [3.8, 4) is 5.75 Å². The van der Waals surface area contributed by atoms with Crippen LogP contribution in [-0.4, -0.2) is 0 Å². The summed E-state index contributed by atoms with van der Waals surface area (Å²) in [5.41, 5.74) is 2.70. The van der Waals surface area contributed by atoms with Crippen molar-refractivity contribution >= 4 is 39.1 Å². The Labute approximate surface area is 135 Å². The molecule has 0 atom stereocenters. The first-order valence-electron chi connectivity index (χ1n) is 5.93. The lowest BCUT2D eigenvalue weighted by Gasteiger charge is -2.14. The summed E-state index contributed by atoms with van der Waals surface area (Å²) in [5.74, 6) is 0.681. The second-order valence-corrected chi connectivity index (χ2v) is 5.97. The topological polar surface area (TPSA) is 9.23 Å². The molecule has 0 N–H and O–H groups in total. The van der Waals surface area contributed by atoms with E-state index in [-0.39, 0.29) is 5.02 Å². The Morgan fingerprint density at radius 2 is 2.00 bits per heavy atom. The second-order valence-electron chi connectivity index (χ2n) is 4.38. The molecule has 1 nitrogen and oxygen atoms in total. The van der Waals surface area contributed by atoms with E-state index in [0.29, 0.717) is 12.5 Å². The third kappa shape index (κ3) is 3.66. The Morgan fingerprint density at radius 3 is 2.65 bits per heavy atom. The fourth-order valence-electron chi connectivity index (χ4n) is 1.89. The molecule has 0 aliphatic carbocycles. The number of hydrogen-bond acceptors (Lipinski definition) is 1. The molecule has 0 fully saturated rings. The van der Waals surface area contributed by atoms with E-state index < -0.39 is 5.82 Å². The van der Waals surface area contributed by atoms with Crippen LogP contribution in [0.2, 0.25) is 5.02 Å². The third-order valence-electron chi connectivity index (χ3n) is 2.83. The van der Waals surface area contributed by atoms with Gasteiger partial charge in [0.15, 0.2) is 0 Å². The largest absolute Gasteiger partial charge is 0.488 e. The Morgan fingerprint density at radius 1 is 1.25 bits per heavy atom. The third-order valence-corrected chi connectivity index (χ3v) is 3.86. The molecule has 0 spiro atoms. The van der Waals surface area contributed by atoms with Crippen molar-refractivity contribution in [3.63, 3.8) is 0 Å². The normalized spacial score (nSPS) is 10.7. The van der Waals surface area contributed by atoms with E-state index in [1.54, 1.807) is 12.1 Å². The maximum absolute atomic E-state index is 13.1. The zero-order valence-corrected chi connectivity index (χ0v) is 13.8. The predicted molar refractivity (Wildman–Crippen MR) is 84.2 cm³/mol. The summed E-state index contributed by atoms with van der Waals surface area (Å²) in [6, 6.07) is 8.43. The van der Waals surface area contributed by atoms with Crippen molar-refractivity contribution in [2.24, 2.45) is 0 Å². The lowest BCUT2D eigenvalue weighted by molar-refractivity contribution is 0.301. The van der Waals surface area contributed by atoms with Gasteiger partial charge in [-0.05, 0) is 42.3 Å². The van der Waals surface area contributed by atoms with Crippen LogP contribution < -0.4 is 4.74 Å². The summed E-state index contributed by atoms with van der Waals surface area (Å²) in [4.78, 5) is 0. The zero-order chi connectivity index (χ0) is 14.7.